The van der Waals surface area contributed by atoms with E-state index in [1.807, 2.05) is 12.1 Å². The number of amides is 3. The van der Waals surface area contributed by atoms with E-state index in [4.69, 9.17) is 16.3 Å². The average molecular weight is 569 g/mol. The van der Waals surface area contributed by atoms with E-state index in [1.54, 1.807) is 43.3 Å². The van der Waals surface area contributed by atoms with Gasteiger partial charge in [-0.05, 0) is 79.7 Å². The van der Waals surface area contributed by atoms with Crippen LogP contribution in [0.15, 0.2) is 88.0 Å². The van der Waals surface area contributed by atoms with Gasteiger partial charge < -0.3 is 15.4 Å². The smallest absolute Gasteiger partial charge is 0.338 e. The molecular weight excluding hydrogens is 550 g/mol. The zero-order valence-corrected chi connectivity index (χ0v) is 21.2. The number of carbonyl (C=O) groups is 4. The summed E-state index contributed by atoms with van der Waals surface area (Å²) in [7, 11) is 0. The Hall–Kier alpha value is -3.95. The molecule has 0 unspecified atom stereocenters. The summed E-state index contributed by atoms with van der Waals surface area (Å²) < 4.78 is 5.84. The van der Waals surface area contributed by atoms with E-state index >= 15 is 0 Å². The monoisotopic (exact) mass is 567 g/mol. The number of carbonyl (C=O) groups excluding carboxylic acids is 4. The second kappa shape index (κ2) is 10.8. The predicted octanol–water partition coefficient (Wildman–Crippen LogP) is 5.31. The molecule has 3 amide bonds. The lowest BCUT2D eigenvalue weighted by Crippen LogP contribution is -2.32. The highest BCUT2D eigenvalue weighted by atomic mass is 79.9. The zero-order valence-electron chi connectivity index (χ0n) is 18.9. The van der Waals surface area contributed by atoms with E-state index in [1.165, 1.54) is 24.3 Å². The van der Waals surface area contributed by atoms with Crippen molar-refractivity contribution in [2.45, 2.75) is 6.92 Å². The van der Waals surface area contributed by atoms with E-state index in [2.05, 4.69) is 26.6 Å². The van der Waals surface area contributed by atoms with Crippen LogP contribution in [0, 0.1) is 0 Å². The number of nitrogens with one attached hydrogen (secondary N) is 2. The van der Waals surface area contributed by atoms with Crippen molar-refractivity contribution < 1.29 is 23.9 Å². The third-order valence-corrected chi connectivity index (χ3v) is 6.06. The lowest BCUT2D eigenvalue weighted by Gasteiger charge is -2.15. The molecule has 0 bridgehead atoms. The number of benzene rings is 3. The van der Waals surface area contributed by atoms with Crippen molar-refractivity contribution in [3.8, 4) is 0 Å². The molecule has 8 nitrogen and oxygen atoms in total. The molecule has 36 heavy (non-hydrogen) atoms. The molecule has 182 valence electrons. The predicted molar refractivity (Wildman–Crippen MR) is 140 cm³/mol. The average Bonchev–Trinajstić information content (AvgIpc) is 3.09. The van der Waals surface area contributed by atoms with E-state index in [-0.39, 0.29) is 28.9 Å². The summed E-state index contributed by atoms with van der Waals surface area (Å²) in [5.74, 6) is -2.15. The number of nitrogens with zero attached hydrogens (tertiary/aromatic N) is 1. The lowest BCUT2D eigenvalue weighted by atomic mass is 10.2. The Bertz CT molecular complexity index is 1370. The van der Waals surface area contributed by atoms with E-state index in [0.717, 1.165) is 9.37 Å². The summed E-state index contributed by atoms with van der Waals surface area (Å²) in [4.78, 5) is 51.0. The molecule has 0 fully saturated rings. The molecule has 2 N–H and O–H groups in total. The van der Waals surface area contributed by atoms with Crippen LogP contribution >= 0.6 is 27.5 Å². The third kappa shape index (κ3) is 5.32. The summed E-state index contributed by atoms with van der Waals surface area (Å²) in [6, 6.07) is 19.4. The van der Waals surface area contributed by atoms with E-state index in [0.29, 0.717) is 22.5 Å². The highest BCUT2D eigenvalue weighted by molar-refractivity contribution is 9.10. The fraction of sp³-hybridized carbons (Fsp3) is 0.0769. The number of anilines is 3. The Morgan fingerprint density at radius 2 is 1.44 bits per heavy atom. The molecule has 0 aliphatic carbocycles. The van der Waals surface area contributed by atoms with Gasteiger partial charge in [-0.2, -0.15) is 0 Å². The molecule has 0 aromatic heterocycles. The second-order valence-corrected chi connectivity index (χ2v) is 8.86. The van der Waals surface area contributed by atoms with Crippen molar-refractivity contribution in [2.24, 2.45) is 0 Å². The van der Waals surface area contributed by atoms with Crippen molar-refractivity contribution in [2.75, 3.05) is 22.1 Å². The normalized spacial score (nSPS) is 13.1. The summed E-state index contributed by atoms with van der Waals surface area (Å²) in [5.41, 5.74) is 1.97. The summed E-state index contributed by atoms with van der Waals surface area (Å²) in [6.45, 7) is 1.93. The Labute approximate surface area is 220 Å². The molecule has 10 heteroatoms. The third-order valence-electron chi connectivity index (χ3n) is 5.18. The molecule has 1 heterocycles. The fourth-order valence-corrected chi connectivity index (χ4v) is 3.87. The topological polar surface area (TPSA) is 105 Å². The van der Waals surface area contributed by atoms with Crippen molar-refractivity contribution >= 4 is 68.3 Å². The Morgan fingerprint density at radius 1 is 0.861 bits per heavy atom. The largest absolute Gasteiger partial charge is 0.462 e. The summed E-state index contributed by atoms with van der Waals surface area (Å²) >= 11 is 9.53. The minimum absolute atomic E-state index is 0.0943. The van der Waals surface area contributed by atoms with Gasteiger partial charge in [0.15, 0.2) is 0 Å². The molecule has 0 saturated heterocycles. The van der Waals surface area contributed by atoms with Crippen LogP contribution in [0.1, 0.15) is 27.6 Å². The lowest BCUT2D eigenvalue weighted by molar-refractivity contribution is -0.120. The quantitative estimate of drug-likeness (QED) is 0.296. The van der Waals surface area contributed by atoms with Gasteiger partial charge in [-0.25, -0.2) is 9.69 Å². The van der Waals surface area contributed by atoms with Gasteiger partial charge in [0.1, 0.15) is 10.7 Å². The number of imide groups is 1. The zero-order chi connectivity index (χ0) is 25.8. The molecule has 1 aliphatic rings. The minimum Gasteiger partial charge on any atom is -0.462 e. The minimum atomic E-state index is -0.696. The van der Waals surface area contributed by atoms with Gasteiger partial charge in [-0.3, -0.25) is 14.4 Å². The standard InChI is InChI=1S/C26H19BrClN3O5/c1-2-36-26(35)16-5-13-20(14-6-16)31-24(33)21(28)22(25(31)34)29-18-9-3-15(4-10-18)23(32)30-19-11-7-17(27)8-12-19/h3-14,29H,2H2,1H3,(H,30,32). The van der Waals surface area contributed by atoms with Gasteiger partial charge in [0, 0.05) is 21.4 Å². The van der Waals surface area contributed by atoms with Crippen LogP contribution in [0.2, 0.25) is 0 Å². The summed E-state index contributed by atoms with van der Waals surface area (Å²) in [5, 5.41) is 5.39. The first-order valence-corrected chi connectivity index (χ1v) is 12.0. The number of hydrogen-bond acceptors (Lipinski definition) is 6. The maximum absolute atomic E-state index is 13.0. The fourth-order valence-electron chi connectivity index (χ4n) is 3.39. The number of hydrogen-bond donors (Lipinski definition) is 2. The van der Waals surface area contributed by atoms with Crippen LogP contribution in [-0.4, -0.2) is 30.3 Å². The van der Waals surface area contributed by atoms with Crippen molar-refractivity contribution in [3.63, 3.8) is 0 Å². The SMILES string of the molecule is CCOC(=O)c1ccc(N2C(=O)C(Cl)=C(Nc3ccc(C(=O)Nc4ccc(Br)cc4)cc3)C2=O)cc1. The Morgan fingerprint density at radius 3 is 2.06 bits per heavy atom. The van der Waals surface area contributed by atoms with Gasteiger partial charge in [0.25, 0.3) is 17.7 Å². The molecule has 0 radical (unpaired) electrons. The maximum atomic E-state index is 13.0. The molecule has 0 saturated carbocycles. The van der Waals surface area contributed by atoms with Crippen LogP contribution in [0.4, 0.5) is 17.1 Å². The highest BCUT2D eigenvalue weighted by Crippen LogP contribution is 2.30. The van der Waals surface area contributed by atoms with Gasteiger partial charge in [0.2, 0.25) is 0 Å². The van der Waals surface area contributed by atoms with Crippen LogP contribution in [-0.2, 0) is 14.3 Å². The maximum Gasteiger partial charge on any atom is 0.338 e. The molecular formula is C26H19BrClN3O5. The van der Waals surface area contributed by atoms with Crippen molar-refractivity contribution in [3.05, 3.63) is 99.1 Å². The number of ether oxygens (including phenoxy) is 1. The molecule has 0 spiro atoms. The van der Waals surface area contributed by atoms with Gasteiger partial charge in [0.05, 0.1) is 17.9 Å². The van der Waals surface area contributed by atoms with Crippen molar-refractivity contribution in [1.82, 2.24) is 0 Å². The van der Waals surface area contributed by atoms with Crippen LogP contribution in [0.3, 0.4) is 0 Å². The van der Waals surface area contributed by atoms with E-state index < -0.39 is 17.8 Å². The first-order valence-electron chi connectivity index (χ1n) is 10.8. The van der Waals surface area contributed by atoms with Gasteiger partial charge in [-0.15, -0.1) is 0 Å². The molecule has 3 aromatic rings. The number of halogens is 2. The van der Waals surface area contributed by atoms with Crippen LogP contribution in [0.5, 0.6) is 0 Å². The Balaban J connectivity index is 1.45. The summed E-state index contributed by atoms with van der Waals surface area (Å²) in [6.07, 6.45) is 0. The molecule has 0 atom stereocenters. The highest BCUT2D eigenvalue weighted by Gasteiger charge is 2.39. The second-order valence-electron chi connectivity index (χ2n) is 7.57. The van der Waals surface area contributed by atoms with Crippen molar-refractivity contribution in [1.29, 1.82) is 0 Å². The van der Waals surface area contributed by atoms with E-state index in [9.17, 15) is 19.2 Å². The van der Waals surface area contributed by atoms with Crippen LogP contribution < -0.4 is 15.5 Å². The molecule has 4 rings (SSSR count). The van der Waals surface area contributed by atoms with Crippen LogP contribution in [0.25, 0.3) is 0 Å². The number of rotatable bonds is 7. The molecule has 1 aliphatic heterocycles. The Kier molecular flexibility index (Phi) is 7.52. The first kappa shape index (κ1) is 25.2. The molecule has 3 aromatic carbocycles. The van der Waals surface area contributed by atoms with Gasteiger partial charge >= 0.3 is 5.97 Å². The van der Waals surface area contributed by atoms with Gasteiger partial charge in [-0.1, -0.05) is 27.5 Å². The number of esters is 1. The first-order chi connectivity index (χ1) is 17.3.